The Labute approximate surface area is 109 Å². The minimum atomic E-state index is 0.629. The molecule has 1 aliphatic carbocycles. The van der Waals surface area contributed by atoms with Crippen molar-refractivity contribution in [2.24, 2.45) is 0 Å². The molecule has 2 N–H and O–H groups in total. The second kappa shape index (κ2) is 4.18. The SMILES string of the molecule is Nc1cnn(Cc2cccc(Br)c2)c1C1CC1. The summed E-state index contributed by atoms with van der Waals surface area (Å²) in [6, 6.07) is 8.31. The van der Waals surface area contributed by atoms with Crippen molar-refractivity contribution in [1.29, 1.82) is 0 Å². The lowest BCUT2D eigenvalue weighted by molar-refractivity contribution is 0.647. The van der Waals surface area contributed by atoms with Gasteiger partial charge in [0.2, 0.25) is 0 Å². The van der Waals surface area contributed by atoms with Gasteiger partial charge in [-0.25, -0.2) is 0 Å². The van der Waals surface area contributed by atoms with Gasteiger partial charge in [0, 0.05) is 10.4 Å². The number of nitrogens with two attached hydrogens (primary N) is 1. The lowest BCUT2D eigenvalue weighted by Gasteiger charge is -2.07. The molecule has 0 spiro atoms. The van der Waals surface area contributed by atoms with Gasteiger partial charge in [-0.05, 0) is 30.5 Å². The van der Waals surface area contributed by atoms with Gasteiger partial charge >= 0.3 is 0 Å². The van der Waals surface area contributed by atoms with E-state index in [1.807, 2.05) is 16.8 Å². The summed E-state index contributed by atoms with van der Waals surface area (Å²) in [7, 11) is 0. The first-order chi connectivity index (χ1) is 8.24. The molecule has 1 aromatic heterocycles. The van der Waals surface area contributed by atoms with Crippen molar-refractivity contribution in [1.82, 2.24) is 9.78 Å². The van der Waals surface area contributed by atoms with E-state index < -0.39 is 0 Å². The van der Waals surface area contributed by atoms with Crippen LogP contribution in [-0.2, 0) is 6.54 Å². The third-order valence-corrected chi connectivity index (χ3v) is 3.59. The molecule has 1 saturated carbocycles. The molecule has 0 saturated heterocycles. The van der Waals surface area contributed by atoms with Crippen LogP contribution >= 0.6 is 15.9 Å². The zero-order valence-electron chi connectivity index (χ0n) is 9.44. The molecule has 1 fully saturated rings. The number of hydrogen-bond acceptors (Lipinski definition) is 2. The normalized spacial score (nSPS) is 15.1. The van der Waals surface area contributed by atoms with Crippen molar-refractivity contribution in [3.63, 3.8) is 0 Å². The van der Waals surface area contributed by atoms with E-state index in [2.05, 4.69) is 33.2 Å². The molecule has 1 heterocycles. The van der Waals surface area contributed by atoms with E-state index in [9.17, 15) is 0 Å². The van der Waals surface area contributed by atoms with E-state index in [4.69, 9.17) is 5.73 Å². The molecule has 3 nitrogen and oxygen atoms in total. The molecule has 0 amide bonds. The molecule has 4 heteroatoms. The highest BCUT2D eigenvalue weighted by Gasteiger charge is 2.29. The topological polar surface area (TPSA) is 43.8 Å². The number of rotatable bonds is 3. The van der Waals surface area contributed by atoms with Crippen molar-refractivity contribution < 1.29 is 0 Å². The molecule has 3 rings (SSSR count). The highest BCUT2D eigenvalue weighted by molar-refractivity contribution is 9.10. The maximum absolute atomic E-state index is 5.97. The van der Waals surface area contributed by atoms with Crippen LogP contribution in [0.2, 0.25) is 0 Å². The molecular formula is C13H14BrN3. The average Bonchev–Trinajstić information content (AvgIpc) is 3.05. The lowest BCUT2D eigenvalue weighted by Crippen LogP contribution is -2.06. The van der Waals surface area contributed by atoms with Crippen molar-refractivity contribution in [2.45, 2.75) is 25.3 Å². The summed E-state index contributed by atoms with van der Waals surface area (Å²) in [5.41, 5.74) is 9.26. The molecule has 88 valence electrons. The van der Waals surface area contributed by atoms with Gasteiger partial charge in [-0.1, -0.05) is 28.1 Å². The van der Waals surface area contributed by atoms with Crippen LogP contribution < -0.4 is 5.73 Å². The molecule has 0 bridgehead atoms. The molecule has 1 aromatic carbocycles. The number of nitrogens with zero attached hydrogens (tertiary/aromatic N) is 2. The van der Waals surface area contributed by atoms with Crippen molar-refractivity contribution >= 4 is 21.6 Å². The van der Waals surface area contributed by atoms with Crippen molar-refractivity contribution in [3.8, 4) is 0 Å². The Balaban J connectivity index is 1.90. The second-order valence-corrected chi connectivity index (χ2v) is 5.46. The number of benzene rings is 1. The third-order valence-electron chi connectivity index (χ3n) is 3.10. The number of halogens is 1. The van der Waals surface area contributed by atoms with E-state index in [1.165, 1.54) is 24.1 Å². The van der Waals surface area contributed by atoms with Crippen LogP contribution in [0.25, 0.3) is 0 Å². The highest BCUT2D eigenvalue weighted by Crippen LogP contribution is 2.42. The smallest absolute Gasteiger partial charge is 0.0736 e. The zero-order valence-corrected chi connectivity index (χ0v) is 11.0. The van der Waals surface area contributed by atoms with Gasteiger partial charge < -0.3 is 5.73 Å². The molecule has 0 atom stereocenters. The summed E-state index contributed by atoms with van der Waals surface area (Å²) >= 11 is 3.49. The number of anilines is 1. The quantitative estimate of drug-likeness (QED) is 0.944. The highest BCUT2D eigenvalue weighted by atomic mass is 79.9. The second-order valence-electron chi connectivity index (χ2n) is 4.55. The van der Waals surface area contributed by atoms with Gasteiger partial charge in [-0.3, -0.25) is 4.68 Å². The minimum absolute atomic E-state index is 0.629. The first-order valence-corrected chi connectivity index (χ1v) is 6.59. The molecule has 0 aliphatic heterocycles. The van der Waals surface area contributed by atoms with Crippen molar-refractivity contribution in [3.05, 3.63) is 46.2 Å². The Morgan fingerprint density at radius 2 is 2.24 bits per heavy atom. The maximum atomic E-state index is 5.97. The van der Waals surface area contributed by atoms with Crippen molar-refractivity contribution in [2.75, 3.05) is 5.73 Å². The first-order valence-electron chi connectivity index (χ1n) is 5.79. The predicted octanol–water partition coefficient (Wildman–Crippen LogP) is 3.15. The number of aromatic nitrogens is 2. The molecule has 2 aromatic rings. The maximum Gasteiger partial charge on any atom is 0.0736 e. The largest absolute Gasteiger partial charge is 0.396 e. The fourth-order valence-electron chi connectivity index (χ4n) is 2.15. The summed E-state index contributed by atoms with van der Waals surface area (Å²) in [5, 5.41) is 4.38. The standard InChI is InChI=1S/C13H14BrN3/c14-11-3-1-2-9(6-11)8-17-13(10-4-5-10)12(15)7-16-17/h1-3,6-7,10H,4-5,8,15H2. The Morgan fingerprint density at radius 3 is 2.94 bits per heavy atom. The molecular weight excluding hydrogens is 278 g/mol. The number of nitrogen functional groups attached to an aromatic ring is 1. The van der Waals surface area contributed by atoms with E-state index >= 15 is 0 Å². The summed E-state index contributed by atoms with van der Waals surface area (Å²) < 4.78 is 3.14. The van der Waals surface area contributed by atoms with Gasteiger partial charge in [-0.2, -0.15) is 5.10 Å². The van der Waals surface area contributed by atoms with Gasteiger partial charge in [0.1, 0.15) is 0 Å². The van der Waals surface area contributed by atoms with Crippen LogP contribution in [0.3, 0.4) is 0 Å². The Kier molecular flexibility index (Phi) is 2.67. The Hall–Kier alpha value is -1.29. The monoisotopic (exact) mass is 291 g/mol. The van der Waals surface area contributed by atoms with Gasteiger partial charge in [0.05, 0.1) is 24.1 Å². The van der Waals surface area contributed by atoms with Gasteiger partial charge in [0.15, 0.2) is 0 Å². The van der Waals surface area contributed by atoms with Crippen LogP contribution in [0.4, 0.5) is 5.69 Å². The molecule has 0 unspecified atom stereocenters. The fraction of sp³-hybridized carbons (Fsp3) is 0.308. The predicted molar refractivity (Wildman–Crippen MR) is 71.9 cm³/mol. The van der Waals surface area contributed by atoms with Crippen LogP contribution in [0.1, 0.15) is 30.0 Å². The summed E-state index contributed by atoms with van der Waals surface area (Å²) in [4.78, 5) is 0. The van der Waals surface area contributed by atoms with Crippen LogP contribution in [-0.4, -0.2) is 9.78 Å². The van der Waals surface area contributed by atoms with Crippen LogP contribution in [0.15, 0.2) is 34.9 Å². The molecule has 1 aliphatic rings. The third kappa shape index (κ3) is 2.22. The fourth-order valence-corrected chi connectivity index (χ4v) is 2.59. The number of hydrogen-bond donors (Lipinski definition) is 1. The first kappa shape index (κ1) is 10.8. The van der Waals surface area contributed by atoms with E-state index in [0.717, 1.165) is 16.7 Å². The molecule has 0 radical (unpaired) electrons. The van der Waals surface area contributed by atoms with E-state index in [0.29, 0.717) is 5.92 Å². The van der Waals surface area contributed by atoms with Crippen LogP contribution in [0.5, 0.6) is 0 Å². The summed E-state index contributed by atoms with van der Waals surface area (Å²) in [5.74, 6) is 0.629. The zero-order chi connectivity index (χ0) is 11.8. The van der Waals surface area contributed by atoms with Gasteiger partial charge in [-0.15, -0.1) is 0 Å². The Bertz CT molecular complexity index is 543. The van der Waals surface area contributed by atoms with E-state index in [-0.39, 0.29) is 0 Å². The lowest BCUT2D eigenvalue weighted by atomic mass is 10.2. The Morgan fingerprint density at radius 1 is 1.41 bits per heavy atom. The van der Waals surface area contributed by atoms with Crippen LogP contribution in [0, 0.1) is 0 Å². The van der Waals surface area contributed by atoms with E-state index in [1.54, 1.807) is 6.20 Å². The average molecular weight is 292 g/mol. The summed E-state index contributed by atoms with van der Waals surface area (Å²) in [6.07, 6.45) is 4.26. The molecule has 17 heavy (non-hydrogen) atoms. The van der Waals surface area contributed by atoms with Gasteiger partial charge in [0.25, 0.3) is 0 Å². The summed E-state index contributed by atoms with van der Waals surface area (Å²) in [6.45, 7) is 0.794. The minimum Gasteiger partial charge on any atom is -0.396 e.